The number of anilines is 1. The van der Waals surface area contributed by atoms with Crippen molar-refractivity contribution in [1.82, 2.24) is 24.8 Å². The Hall–Kier alpha value is -2.61. The Balaban J connectivity index is 1.70. The Bertz CT molecular complexity index is 741. The molecule has 1 saturated heterocycles. The Kier molecular flexibility index (Phi) is 4.89. The summed E-state index contributed by atoms with van der Waals surface area (Å²) in [5.74, 6) is 0.546. The molecule has 1 aliphatic heterocycles. The normalized spacial score (nSPS) is 20.4. The van der Waals surface area contributed by atoms with E-state index in [1.54, 1.807) is 32.6 Å². The molecule has 2 aromatic rings. The highest BCUT2D eigenvalue weighted by Gasteiger charge is 2.36. The van der Waals surface area contributed by atoms with Crippen molar-refractivity contribution >= 4 is 11.7 Å². The van der Waals surface area contributed by atoms with Gasteiger partial charge in [-0.2, -0.15) is 0 Å². The molecule has 1 aliphatic rings. The molecular formula is C17H22N6O2. The van der Waals surface area contributed by atoms with Gasteiger partial charge >= 0.3 is 0 Å². The number of hydrogen-bond donors (Lipinski definition) is 1. The molecule has 0 radical (unpaired) electrons. The predicted octanol–water partition coefficient (Wildman–Crippen LogP) is 0.679. The first-order valence-electron chi connectivity index (χ1n) is 8.24. The van der Waals surface area contributed by atoms with Crippen LogP contribution in [0.25, 0.3) is 0 Å². The van der Waals surface area contributed by atoms with Gasteiger partial charge in [-0.25, -0.2) is 15.0 Å². The number of piperidine rings is 1. The lowest BCUT2D eigenvalue weighted by atomic mass is 9.92. The van der Waals surface area contributed by atoms with E-state index in [4.69, 9.17) is 0 Å². The van der Waals surface area contributed by atoms with Gasteiger partial charge in [-0.3, -0.25) is 9.78 Å². The number of aliphatic hydroxyl groups is 1. The zero-order chi connectivity index (χ0) is 17.9. The molecule has 25 heavy (non-hydrogen) atoms. The van der Waals surface area contributed by atoms with Crippen LogP contribution in [-0.2, 0) is 0 Å². The molecule has 3 rings (SSSR count). The maximum Gasteiger partial charge on any atom is 0.257 e. The lowest BCUT2D eigenvalue weighted by molar-refractivity contribution is -0.000194. The Morgan fingerprint density at radius 3 is 2.88 bits per heavy atom. The molecule has 0 aromatic carbocycles. The third-order valence-electron chi connectivity index (χ3n) is 4.45. The minimum atomic E-state index is -0.996. The Morgan fingerprint density at radius 1 is 1.32 bits per heavy atom. The summed E-state index contributed by atoms with van der Waals surface area (Å²) in [6.07, 6.45) is 9.32. The van der Waals surface area contributed by atoms with E-state index in [2.05, 4.69) is 19.9 Å². The van der Waals surface area contributed by atoms with E-state index in [9.17, 15) is 9.90 Å². The first kappa shape index (κ1) is 17.2. The third-order valence-corrected chi connectivity index (χ3v) is 4.45. The standard InChI is InChI=1S/C17H22N6O2/c1-13-14(8-19-12-21-13)16(24)22(2)10-17(25)4-3-7-23(11-17)15-9-18-5-6-20-15/h5-6,8-9,12,25H,3-4,7,10-11H2,1-2H3. The highest BCUT2D eigenvalue weighted by Crippen LogP contribution is 2.25. The zero-order valence-electron chi connectivity index (χ0n) is 14.5. The molecule has 0 saturated carbocycles. The van der Waals surface area contributed by atoms with Crippen molar-refractivity contribution in [2.24, 2.45) is 0 Å². The summed E-state index contributed by atoms with van der Waals surface area (Å²) in [6, 6.07) is 0. The molecule has 8 heteroatoms. The van der Waals surface area contributed by atoms with Crippen molar-refractivity contribution in [2.75, 3.05) is 31.6 Å². The fraction of sp³-hybridized carbons (Fsp3) is 0.471. The molecule has 132 valence electrons. The second-order valence-corrected chi connectivity index (χ2v) is 6.50. The molecule has 1 atom stereocenters. The van der Waals surface area contributed by atoms with Crippen LogP contribution in [0.4, 0.5) is 5.82 Å². The van der Waals surface area contributed by atoms with E-state index >= 15 is 0 Å². The number of hydrogen-bond acceptors (Lipinski definition) is 7. The number of carbonyl (C=O) groups is 1. The van der Waals surface area contributed by atoms with Crippen molar-refractivity contribution in [3.63, 3.8) is 0 Å². The number of aryl methyl sites for hydroxylation is 1. The van der Waals surface area contributed by atoms with Crippen molar-refractivity contribution in [2.45, 2.75) is 25.4 Å². The van der Waals surface area contributed by atoms with E-state index in [1.165, 1.54) is 17.4 Å². The monoisotopic (exact) mass is 342 g/mol. The summed E-state index contributed by atoms with van der Waals surface area (Å²) in [6.45, 7) is 3.22. The van der Waals surface area contributed by atoms with Crippen LogP contribution in [0.2, 0.25) is 0 Å². The van der Waals surface area contributed by atoms with Crippen LogP contribution in [0.1, 0.15) is 28.9 Å². The highest BCUT2D eigenvalue weighted by atomic mass is 16.3. The van der Waals surface area contributed by atoms with Gasteiger partial charge in [0.05, 0.1) is 29.6 Å². The lowest BCUT2D eigenvalue weighted by Gasteiger charge is -2.41. The number of likely N-dealkylation sites (N-methyl/N-ethyl adjacent to an activating group) is 1. The average molecular weight is 342 g/mol. The van der Waals surface area contributed by atoms with Crippen molar-refractivity contribution in [3.05, 3.63) is 42.4 Å². The molecule has 1 unspecified atom stereocenters. The summed E-state index contributed by atoms with van der Waals surface area (Å²) >= 11 is 0. The quantitative estimate of drug-likeness (QED) is 0.873. The average Bonchev–Trinajstić information content (AvgIpc) is 2.62. The summed E-state index contributed by atoms with van der Waals surface area (Å²) in [7, 11) is 1.69. The number of nitrogens with zero attached hydrogens (tertiary/aromatic N) is 6. The largest absolute Gasteiger partial charge is 0.386 e. The van der Waals surface area contributed by atoms with Gasteiger partial charge in [0.25, 0.3) is 5.91 Å². The number of rotatable bonds is 4. The minimum Gasteiger partial charge on any atom is -0.386 e. The number of β-amino-alcohol motifs (C(OH)–C–C–N with tert-alkyl or cyclic N) is 1. The zero-order valence-corrected chi connectivity index (χ0v) is 14.5. The smallest absolute Gasteiger partial charge is 0.257 e. The maximum atomic E-state index is 12.6. The topological polar surface area (TPSA) is 95.3 Å². The molecule has 0 bridgehead atoms. The van der Waals surface area contributed by atoms with Gasteiger partial charge in [0, 0.05) is 38.7 Å². The van der Waals surface area contributed by atoms with Gasteiger partial charge in [-0.15, -0.1) is 0 Å². The lowest BCUT2D eigenvalue weighted by Crippen LogP contribution is -2.55. The maximum absolute atomic E-state index is 12.6. The van der Waals surface area contributed by atoms with Gasteiger partial charge in [0.15, 0.2) is 0 Å². The van der Waals surface area contributed by atoms with Crippen LogP contribution >= 0.6 is 0 Å². The van der Waals surface area contributed by atoms with Crippen LogP contribution in [-0.4, -0.2) is 68.1 Å². The fourth-order valence-corrected chi connectivity index (χ4v) is 3.21. The fourth-order valence-electron chi connectivity index (χ4n) is 3.21. The summed E-state index contributed by atoms with van der Waals surface area (Å²) in [5, 5.41) is 11.0. The molecule has 0 aliphatic carbocycles. The number of amides is 1. The van der Waals surface area contributed by atoms with Crippen molar-refractivity contribution in [1.29, 1.82) is 0 Å². The van der Waals surface area contributed by atoms with Gasteiger partial charge < -0.3 is 14.9 Å². The van der Waals surface area contributed by atoms with Crippen LogP contribution in [0.15, 0.2) is 31.1 Å². The van der Waals surface area contributed by atoms with E-state index in [-0.39, 0.29) is 12.5 Å². The Morgan fingerprint density at radius 2 is 2.16 bits per heavy atom. The van der Waals surface area contributed by atoms with E-state index in [1.807, 2.05) is 4.90 Å². The number of carbonyl (C=O) groups excluding carboxylic acids is 1. The first-order chi connectivity index (χ1) is 12.0. The second-order valence-electron chi connectivity index (χ2n) is 6.50. The second kappa shape index (κ2) is 7.10. The molecular weight excluding hydrogens is 320 g/mol. The molecule has 1 amide bonds. The van der Waals surface area contributed by atoms with Crippen LogP contribution in [0, 0.1) is 6.92 Å². The van der Waals surface area contributed by atoms with Crippen LogP contribution in [0.5, 0.6) is 0 Å². The van der Waals surface area contributed by atoms with Gasteiger partial charge in [-0.05, 0) is 19.8 Å². The number of aromatic nitrogens is 4. The molecule has 1 fully saturated rings. The van der Waals surface area contributed by atoms with Gasteiger partial charge in [0.2, 0.25) is 0 Å². The van der Waals surface area contributed by atoms with E-state index in [0.717, 1.165) is 18.8 Å². The summed E-state index contributed by atoms with van der Waals surface area (Å²) in [5.41, 5.74) is 0.0860. The summed E-state index contributed by atoms with van der Waals surface area (Å²) in [4.78, 5) is 32.5. The highest BCUT2D eigenvalue weighted by molar-refractivity contribution is 5.94. The van der Waals surface area contributed by atoms with Crippen molar-refractivity contribution < 1.29 is 9.90 Å². The predicted molar refractivity (Wildman–Crippen MR) is 92.2 cm³/mol. The van der Waals surface area contributed by atoms with E-state index in [0.29, 0.717) is 24.2 Å². The third kappa shape index (κ3) is 3.90. The SMILES string of the molecule is Cc1ncncc1C(=O)N(C)CC1(O)CCCN(c2cnccn2)C1. The molecule has 8 nitrogen and oxygen atoms in total. The minimum absolute atomic E-state index is 0.192. The van der Waals surface area contributed by atoms with Crippen molar-refractivity contribution in [3.8, 4) is 0 Å². The van der Waals surface area contributed by atoms with Gasteiger partial charge in [0.1, 0.15) is 12.1 Å². The first-order valence-corrected chi connectivity index (χ1v) is 8.24. The molecule has 0 spiro atoms. The van der Waals surface area contributed by atoms with Gasteiger partial charge in [-0.1, -0.05) is 0 Å². The molecule has 1 N–H and O–H groups in total. The van der Waals surface area contributed by atoms with E-state index < -0.39 is 5.60 Å². The van der Waals surface area contributed by atoms with Crippen LogP contribution < -0.4 is 4.90 Å². The molecule has 3 heterocycles. The molecule has 2 aromatic heterocycles. The summed E-state index contributed by atoms with van der Waals surface area (Å²) < 4.78 is 0. The van der Waals surface area contributed by atoms with Crippen LogP contribution in [0.3, 0.4) is 0 Å². The Labute approximate surface area is 146 Å².